The monoisotopic (exact) mass is 531 g/mol. The largest absolute Gasteiger partial charge is 0.496 e. The summed E-state index contributed by atoms with van der Waals surface area (Å²) < 4.78 is 10.6. The van der Waals surface area contributed by atoms with Crippen molar-refractivity contribution in [3.8, 4) is 5.75 Å². The van der Waals surface area contributed by atoms with E-state index >= 15 is 0 Å². The van der Waals surface area contributed by atoms with Gasteiger partial charge in [-0.05, 0) is 42.1 Å². The Morgan fingerprint density at radius 1 is 1.24 bits per heavy atom. The zero-order chi connectivity index (χ0) is 26.5. The molecule has 0 bridgehead atoms. The molecule has 0 spiro atoms. The van der Waals surface area contributed by atoms with Crippen LogP contribution in [0.15, 0.2) is 29.4 Å². The van der Waals surface area contributed by atoms with Crippen LogP contribution in [0.25, 0.3) is 16.5 Å². The second-order valence-corrected chi connectivity index (χ2v) is 9.85. The number of hydrogen-bond acceptors (Lipinski definition) is 7. The minimum Gasteiger partial charge on any atom is -0.496 e. The van der Waals surface area contributed by atoms with Gasteiger partial charge in [-0.15, -0.1) is 0 Å². The van der Waals surface area contributed by atoms with Crippen LogP contribution in [0.1, 0.15) is 31.2 Å². The molecule has 4 N–H and O–H groups in total. The molecular weight excluding hydrogens is 498 g/mol. The van der Waals surface area contributed by atoms with E-state index in [0.29, 0.717) is 49.4 Å². The Hall–Kier alpha value is -3.41. The number of thioether (sulfide) groups is 1. The highest BCUT2D eigenvalue weighted by molar-refractivity contribution is 8.00. The number of ether oxygens (including phenoxy) is 2. The third kappa shape index (κ3) is 9.19. The first kappa shape index (κ1) is 28.2. The van der Waals surface area contributed by atoms with Gasteiger partial charge in [0.15, 0.2) is 0 Å². The Bertz CT molecular complexity index is 1030. The Kier molecular flexibility index (Phi) is 11.4. The molecule has 2 saturated heterocycles. The van der Waals surface area contributed by atoms with Crippen LogP contribution >= 0.6 is 11.8 Å². The van der Waals surface area contributed by atoms with Crippen molar-refractivity contribution in [1.82, 2.24) is 21.3 Å². The number of methoxy groups -OCH3 is 1. The van der Waals surface area contributed by atoms with Crippen molar-refractivity contribution in [2.45, 2.75) is 43.0 Å². The van der Waals surface area contributed by atoms with Crippen LogP contribution in [0, 0.1) is 0 Å². The van der Waals surface area contributed by atoms with E-state index < -0.39 is 0 Å². The predicted octanol–water partition coefficient (Wildman–Crippen LogP) is 2.62. The van der Waals surface area contributed by atoms with Gasteiger partial charge in [-0.1, -0.05) is 17.6 Å². The summed E-state index contributed by atoms with van der Waals surface area (Å²) in [7, 11) is 1.47. The highest BCUT2D eigenvalue weighted by Gasteiger charge is 2.42. The molecule has 0 aliphatic carbocycles. The number of urea groups is 1. The number of fused-ring (bicyclic) bond motifs is 1. The van der Waals surface area contributed by atoms with E-state index in [0.717, 1.165) is 30.6 Å². The molecule has 200 valence electrons. The molecule has 3 rings (SSSR count). The summed E-state index contributed by atoms with van der Waals surface area (Å²) in [4.78, 5) is 38.1. The molecule has 2 aliphatic heterocycles. The molecule has 2 fully saturated rings. The van der Waals surface area contributed by atoms with Crippen molar-refractivity contribution >= 4 is 41.4 Å². The number of hydrogen-bond donors (Lipinski definition) is 4. The molecule has 0 unspecified atom stereocenters. The molecule has 2 aliphatic rings. The SMILES string of the molecule is COc1cc(/C=C/C(=O)NCCOCCNC(=O)CCCC[C@@H]2SC[C@@H]3NC(=O)N[C@@H]32)ccc1N=[N+]=[N-]. The number of azide groups is 1. The molecule has 3 atom stereocenters. The van der Waals surface area contributed by atoms with E-state index in [1.165, 1.54) is 13.2 Å². The van der Waals surface area contributed by atoms with Crippen molar-refractivity contribution < 1.29 is 23.9 Å². The fourth-order valence-corrected chi connectivity index (χ4v) is 5.68. The first-order valence-electron chi connectivity index (χ1n) is 12.2. The molecule has 1 aromatic carbocycles. The van der Waals surface area contributed by atoms with E-state index in [-0.39, 0.29) is 29.9 Å². The van der Waals surface area contributed by atoms with Gasteiger partial charge in [0, 0.05) is 41.5 Å². The van der Waals surface area contributed by atoms with Crippen LogP contribution in [-0.4, -0.2) is 74.3 Å². The number of benzene rings is 1. The van der Waals surface area contributed by atoms with Crippen LogP contribution in [0.4, 0.5) is 10.5 Å². The Labute approximate surface area is 219 Å². The van der Waals surface area contributed by atoms with E-state index in [4.69, 9.17) is 15.0 Å². The van der Waals surface area contributed by atoms with Crippen molar-refractivity contribution in [1.29, 1.82) is 0 Å². The van der Waals surface area contributed by atoms with Crippen LogP contribution < -0.4 is 26.0 Å². The summed E-state index contributed by atoms with van der Waals surface area (Å²) in [5.41, 5.74) is 9.65. The topological polar surface area (TPSA) is 167 Å². The van der Waals surface area contributed by atoms with E-state index in [1.807, 2.05) is 11.8 Å². The summed E-state index contributed by atoms with van der Waals surface area (Å²) in [6.45, 7) is 1.45. The third-order valence-electron chi connectivity index (χ3n) is 5.98. The molecule has 0 saturated carbocycles. The smallest absolute Gasteiger partial charge is 0.315 e. The van der Waals surface area contributed by atoms with Gasteiger partial charge in [-0.2, -0.15) is 11.8 Å². The minimum atomic E-state index is -0.270. The summed E-state index contributed by atoms with van der Waals surface area (Å²) >= 11 is 1.88. The van der Waals surface area contributed by atoms with Gasteiger partial charge in [0.2, 0.25) is 11.8 Å². The van der Waals surface area contributed by atoms with Gasteiger partial charge in [-0.25, -0.2) is 4.79 Å². The maximum atomic E-state index is 12.0. The van der Waals surface area contributed by atoms with Crippen LogP contribution in [0.2, 0.25) is 0 Å². The summed E-state index contributed by atoms with van der Waals surface area (Å²) in [6.07, 6.45) is 6.24. The minimum absolute atomic E-state index is 0.00100. The molecule has 12 nitrogen and oxygen atoms in total. The second-order valence-electron chi connectivity index (χ2n) is 8.58. The molecule has 1 aromatic rings. The first-order chi connectivity index (χ1) is 18.0. The predicted molar refractivity (Wildman–Crippen MR) is 142 cm³/mol. The molecule has 37 heavy (non-hydrogen) atoms. The summed E-state index contributed by atoms with van der Waals surface area (Å²) in [5.74, 6) is 1.09. The first-order valence-corrected chi connectivity index (χ1v) is 13.3. The highest BCUT2D eigenvalue weighted by Crippen LogP contribution is 2.33. The van der Waals surface area contributed by atoms with E-state index in [2.05, 4.69) is 31.3 Å². The van der Waals surface area contributed by atoms with Crippen molar-refractivity contribution in [2.75, 3.05) is 39.2 Å². The number of carbonyl (C=O) groups is 3. The number of amides is 4. The average molecular weight is 532 g/mol. The lowest BCUT2D eigenvalue weighted by atomic mass is 10.0. The lowest BCUT2D eigenvalue weighted by Crippen LogP contribution is -2.36. The Morgan fingerprint density at radius 3 is 2.84 bits per heavy atom. The van der Waals surface area contributed by atoms with Crippen LogP contribution in [-0.2, 0) is 14.3 Å². The molecule has 0 aromatic heterocycles. The molecule has 0 radical (unpaired) electrons. The zero-order valence-electron chi connectivity index (χ0n) is 20.8. The van der Waals surface area contributed by atoms with Gasteiger partial charge < -0.3 is 30.7 Å². The number of nitrogens with zero attached hydrogens (tertiary/aromatic N) is 3. The molecule has 13 heteroatoms. The standard InChI is InChI=1S/C24H33N7O5S/c1-35-19-14-16(6-8-17(19)30-31-25)7-9-22(33)27-11-13-36-12-10-26-21(32)5-3-2-4-20-23-18(15-37-20)28-24(34)29-23/h6-9,14,18,20,23H,2-5,10-13,15H2,1H3,(H,26,32)(H,27,33)(H2,28,29,34)/b9-7+/t18-,20-,23-/m0/s1. The number of nitrogens with one attached hydrogen (secondary N) is 4. The maximum Gasteiger partial charge on any atom is 0.315 e. The second kappa shape index (κ2) is 15.0. The quantitative estimate of drug-likeness (QED) is 0.0678. The maximum absolute atomic E-state index is 12.0. The fraction of sp³-hybridized carbons (Fsp3) is 0.542. The number of carbonyl (C=O) groups excluding carboxylic acids is 3. The van der Waals surface area contributed by atoms with E-state index in [1.54, 1.807) is 24.3 Å². The lowest BCUT2D eigenvalue weighted by molar-refractivity contribution is -0.121. The Morgan fingerprint density at radius 2 is 2.05 bits per heavy atom. The fourth-order valence-electron chi connectivity index (χ4n) is 4.13. The van der Waals surface area contributed by atoms with Crippen LogP contribution in [0.5, 0.6) is 5.75 Å². The van der Waals surface area contributed by atoms with Crippen molar-refractivity contribution in [2.24, 2.45) is 5.11 Å². The zero-order valence-corrected chi connectivity index (χ0v) is 21.6. The van der Waals surface area contributed by atoms with Crippen molar-refractivity contribution in [3.05, 3.63) is 40.3 Å². The highest BCUT2D eigenvalue weighted by atomic mass is 32.2. The molecular formula is C24H33N7O5S. The molecule has 2 heterocycles. The number of rotatable bonds is 15. The van der Waals surface area contributed by atoms with Gasteiger partial charge >= 0.3 is 6.03 Å². The van der Waals surface area contributed by atoms with Gasteiger partial charge in [-0.3, -0.25) is 9.59 Å². The Balaban J connectivity index is 1.18. The third-order valence-corrected chi connectivity index (χ3v) is 7.49. The summed E-state index contributed by atoms with van der Waals surface area (Å²) in [6, 6.07) is 5.36. The van der Waals surface area contributed by atoms with Crippen LogP contribution in [0.3, 0.4) is 0 Å². The summed E-state index contributed by atoms with van der Waals surface area (Å²) in [5, 5.41) is 15.4. The number of unbranched alkanes of at least 4 members (excludes halogenated alkanes) is 1. The van der Waals surface area contributed by atoms with Crippen molar-refractivity contribution in [3.63, 3.8) is 0 Å². The average Bonchev–Trinajstić information content (AvgIpc) is 3.44. The van der Waals surface area contributed by atoms with Gasteiger partial charge in [0.25, 0.3) is 0 Å². The van der Waals surface area contributed by atoms with Gasteiger partial charge in [0.05, 0.1) is 38.1 Å². The normalized spacial score (nSPS) is 20.0. The van der Waals surface area contributed by atoms with Gasteiger partial charge in [0.1, 0.15) is 5.75 Å². The van der Waals surface area contributed by atoms with E-state index in [9.17, 15) is 14.4 Å². The molecule has 4 amide bonds. The lowest BCUT2D eigenvalue weighted by Gasteiger charge is -2.16.